The van der Waals surface area contributed by atoms with Crippen LogP contribution in [0.5, 0.6) is 0 Å². The van der Waals surface area contributed by atoms with Crippen molar-refractivity contribution in [1.82, 2.24) is 30.1 Å². The van der Waals surface area contributed by atoms with Gasteiger partial charge in [0.05, 0.1) is 44.5 Å². The smallest absolute Gasteiger partial charge is 0.410 e. The first kappa shape index (κ1) is 83.1. The lowest BCUT2D eigenvalue weighted by Crippen LogP contribution is -2.36. The monoisotopic (exact) mass is 1490 g/mol. The minimum Gasteiger partial charge on any atom is -0.444 e. The summed E-state index contributed by atoms with van der Waals surface area (Å²) in [6.45, 7) is 17.0. The average molecular weight is 1490 g/mol. The molecule has 0 saturated heterocycles. The molecule has 12 aromatic rings. The van der Waals surface area contributed by atoms with Crippen LogP contribution in [-0.4, -0.2) is 73.8 Å². The zero-order valence-corrected chi connectivity index (χ0v) is 64.9. The number of hydrazine groups is 3. The van der Waals surface area contributed by atoms with Gasteiger partial charge in [-0.25, -0.2) is 24.6 Å². The molecule has 0 heterocycles. The van der Waals surface area contributed by atoms with Crippen LogP contribution in [-0.2, 0) is 68.4 Å². The van der Waals surface area contributed by atoms with Crippen molar-refractivity contribution in [3.8, 4) is 0 Å². The SMILES string of the molecule is CC(C)(C)OC(=O)N(Cc1ccccc1)Cc1ccc(C(=O)N(Cc2ccccc2)Nc2ccccc2)cc1.CC(C)(C)OC(=O)N(Cc1ccccc1)Cc1ccc(C(=O)N(Cc2ccccc2)Nc2ccccc2)cc1.O=C(c1ccc(CNCc2ccccc2)cc1)N(Cc1ccccc1)Nc1ccccc1.[B]C. The molecule has 4 N–H and O–H groups in total. The van der Waals surface area contributed by atoms with Crippen molar-refractivity contribution in [3.63, 3.8) is 0 Å². The molecule has 2 radical (unpaired) electrons. The van der Waals surface area contributed by atoms with E-state index in [2.05, 4.69) is 41.6 Å². The van der Waals surface area contributed by atoms with Gasteiger partial charge >= 0.3 is 12.2 Å². The van der Waals surface area contributed by atoms with E-state index in [1.165, 1.54) is 12.4 Å². The van der Waals surface area contributed by atoms with Gasteiger partial charge in [-0.1, -0.05) is 280 Å². The molecule has 16 nitrogen and oxygen atoms in total. The Morgan fingerprint density at radius 3 is 0.679 bits per heavy atom. The molecule has 0 aromatic heterocycles. The Morgan fingerprint density at radius 2 is 0.446 bits per heavy atom. The molecule has 0 aliphatic carbocycles. The number of ether oxygens (including phenoxy) is 2. The molecule has 12 aromatic carbocycles. The van der Waals surface area contributed by atoms with Crippen molar-refractivity contribution >= 4 is 54.8 Å². The van der Waals surface area contributed by atoms with E-state index < -0.39 is 11.2 Å². The topological polar surface area (TPSA) is 168 Å². The molecule has 112 heavy (non-hydrogen) atoms. The maximum Gasteiger partial charge on any atom is 0.410 e. The highest BCUT2D eigenvalue weighted by Gasteiger charge is 2.26. The Hall–Kier alpha value is -13.0. The zero-order valence-electron chi connectivity index (χ0n) is 64.9. The van der Waals surface area contributed by atoms with Crippen LogP contribution >= 0.6 is 0 Å². The highest BCUT2D eigenvalue weighted by molar-refractivity contribution is 6.05. The van der Waals surface area contributed by atoms with Crippen LogP contribution in [0.3, 0.4) is 0 Å². The molecule has 570 valence electrons. The van der Waals surface area contributed by atoms with Crippen LogP contribution in [0, 0.1) is 0 Å². The van der Waals surface area contributed by atoms with Crippen LogP contribution in [0.1, 0.15) is 123 Å². The second kappa shape index (κ2) is 43.3. The van der Waals surface area contributed by atoms with Gasteiger partial charge in [0.1, 0.15) is 11.2 Å². The summed E-state index contributed by atoms with van der Waals surface area (Å²) in [5, 5.41) is 8.33. The molecule has 0 fully saturated rings. The molecule has 0 aliphatic heterocycles. The Bertz CT molecular complexity index is 4410. The molecule has 0 aliphatic rings. The molecule has 0 spiro atoms. The van der Waals surface area contributed by atoms with Gasteiger partial charge in [-0.3, -0.25) is 40.5 Å². The van der Waals surface area contributed by atoms with Crippen LogP contribution in [0.2, 0.25) is 6.82 Å². The standard InChI is InChI=1S/2C33H35N3O3.C28H27N3O.CH3B/c2*1-33(2,3)39-32(38)35(23-26-13-7-4-8-14-26)24-28-19-21-29(22-20-28)31(37)36(25-27-15-9-5-10-16-27)34-30-17-11-6-12-18-30;32-28(26-18-16-24(17-19-26)21-29-20-23-10-4-1-5-11-23)31(22-25-12-6-2-7-13-25)30-27-14-8-3-9-15-27;1-2/h2*4-22,34H,23-25H2,1-3H3;1-19,29-30H,20-22H2;1H3. The van der Waals surface area contributed by atoms with Crippen molar-refractivity contribution < 1.29 is 33.4 Å². The maximum atomic E-state index is 13.6. The highest BCUT2D eigenvalue weighted by Crippen LogP contribution is 2.23. The number of carbonyl (C=O) groups excluding carboxylic acids is 5. The molecule has 0 unspecified atom stereocenters. The Balaban J connectivity index is 0.000000192. The summed E-state index contributed by atoms with van der Waals surface area (Å²) in [7, 11) is 4.50. The summed E-state index contributed by atoms with van der Waals surface area (Å²) >= 11 is 0. The molecular weight excluding hydrogens is 1390 g/mol. The van der Waals surface area contributed by atoms with Crippen LogP contribution in [0.25, 0.3) is 0 Å². The quantitative estimate of drug-likeness (QED) is 0.0286. The van der Waals surface area contributed by atoms with Crippen LogP contribution in [0.4, 0.5) is 26.7 Å². The third kappa shape index (κ3) is 28.5. The van der Waals surface area contributed by atoms with E-state index in [0.29, 0.717) is 62.5 Å². The number of nitrogens with one attached hydrogen (secondary N) is 4. The normalized spacial score (nSPS) is 10.7. The van der Waals surface area contributed by atoms with Crippen molar-refractivity contribution in [1.29, 1.82) is 0 Å². The van der Waals surface area contributed by atoms with Crippen molar-refractivity contribution in [2.45, 2.75) is 118 Å². The minimum absolute atomic E-state index is 0.0681. The van der Waals surface area contributed by atoms with Gasteiger partial charge in [0.15, 0.2) is 0 Å². The lowest BCUT2D eigenvalue weighted by atomic mass is 10.1. The minimum atomic E-state index is -0.601. The third-order valence-electron chi connectivity index (χ3n) is 17.0. The van der Waals surface area contributed by atoms with Gasteiger partial charge in [-0.15, -0.1) is 0 Å². The number of amides is 5. The summed E-state index contributed by atoms with van der Waals surface area (Å²) in [4.78, 5) is 69.8. The number of hydrogen-bond donors (Lipinski definition) is 4. The molecule has 5 amide bonds. The second-order valence-corrected chi connectivity index (χ2v) is 28.4. The molecule has 17 heteroatoms. The largest absolute Gasteiger partial charge is 0.444 e. The number of para-hydroxylation sites is 3. The summed E-state index contributed by atoms with van der Waals surface area (Å²) in [5.74, 6) is -0.369. The fraction of sp³-hybridized carbons (Fsp3) is 0.189. The fourth-order valence-electron chi connectivity index (χ4n) is 11.5. The van der Waals surface area contributed by atoms with E-state index in [9.17, 15) is 24.0 Å². The second-order valence-electron chi connectivity index (χ2n) is 28.4. The Kier molecular flexibility index (Phi) is 32.1. The number of hydrogen-bond acceptors (Lipinski definition) is 11. The third-order valence-corrected chi connectivity index (χ3v) is 17.0. The Morgan fingerprint density at radius 1 is 0.259 bits per heavy atom. The first-order valence-corrected chi connectivity index (χ1v) is 37.5. The van der Waals surface area contributed by atoms with E-state index >= 15 is 0 Å². The number of rotatable bonds is 27. The van der Waals surface area contributed by atoms with Crippen LogP contribution in [0.15, 0.2) is 346 Å². The summed E-state index contributed by atoms with van der Waals surface area (Å²) < 4.78 is 11.3. The summed E-state index contributed by atoms with van der Waals surface area (Å²) in [5.41, 5.74) is 22.1. The predicted molar refractivity (Wildman–Crippen MR) is 451 cm³/mol. The molecule has 0 atom stereocenters. The highest BCUT2D eigenvalue weighted by atomic mass is 16.6. The van der Waals surface area contributed by atoms with Crippen molar-refractivity contribution in [3.05, 3.63) is 413 Å². The lowest BCUT2D eigenvalue weighted by Gasteiger charge is -2.28. The summed E-state index contributed by atoms with van der Waals surface area (Å²) in [6, 6.07) is 111. The number of carbonyl (C=O) groups is 5. The van der Waals surface area contributed by atoms with Gasteiger partial charge in [0, 0.05) is 56.0 Å². The molecule has 0 saturated carbocycles. The number of nitrogens with zero attached hydrogens (tertiary/aromatic N) is 5. The van der Waals surface area contributed by atoms with Gasteiger partial charge < -0.3 is 14.8 Å². The van der Waals surface area contributed by atoms with E-state index in [4.69, 9.17) is 9.47 Å². The molecule has 0 bridgehead atoms. The van der Waals surface area contributed by atoms with E-state index in [0.717, 1.165) is 74.7 Å². The average Bonchev–Trinajstić information content (AvgIpc) is 0.843. The van der Waals surface area contributed by atoms with E-state index in [1.807, 2.05) is 351 Å². The predicted octanol–water partition coefficient (Wildman–Crippen LogP) is 20.4. The first-order chi connectivity index (χ1) is 54.3. The van der Waals surface area contributed by atoms with Gasteiger partial charge in [-0.2, -0.15) is 0 Å². The summed E-state index contributed by atoms with van der Waals surface area (Å²) in [6.07, 6.45) is -0.764. The van der Waals surface area contributed by atoms with Crippen molar-refractivity contribution in [2.24, 2.45) is 0 Å². The van der Waals surface area contributed by atoms with E-state index in [-0.39, 0.29) is 29.9 Å². The lowest BCUT2D eigenvalue weighted by molar-refractivity contribution is 0.0207. The van der Waals surface area contributed by atoms with E-state index in [1.54, 1.807) is 49.1 Å². The number of benzene rings is 12. The molecule has 12 rings (SSSR count). The first-order valence-electron chi connectivity index (χ1n) is 37.5. The van der Waals surface area contributed by atoms with Crippen molar-refractivity contribution in [2.75, 3.05) is 16.3 Å². The van der Waals surface area contributed by atoms with Gasteiger partial charge in [-0.05, 0) is 164 Å². The van der Waals surface area contributed by atoms with Gasteiger partial charge in [0.2, 0.25) is 0 Å². The zero-order chi connectivity index (χ0) is 79.3. The van der Waals surface area contributed by atoms with Gasteiger partial charge in [0.25, 0.3) is 17.7 Å². The number of anilines is 3. The maximum absolute atomic E-state index is 13.6. The Labute approximate surface area is 662 Å². The van der Waals surface area contributed by atoms with Crippen LogP contribution < -0.4 is 21.6 Å². The molecular formula is C95H100BN9O7. The fourth-order valence-corrected chi connectivity index (χ4v) is 11.5.